The topological polar surface area (TPSA) is 67.7 Å². The number of amides is 2. The molecule has 0 atom stereocenters. The van der Waals surface area contributed by atoms with Gasteiger partial charge in [0.1, 0.15) is 12.1 Å². The molecule has 6 nitrogen and oxygen atoms in total. The molecule has 0 aliphatic carbocycles. The number of rotatable bonds is 5. The summed E-state index contributed by atoms with van der Waals surface area (Å²) in [6.07, 6.45) is -7.14. The third-order valence-electron chi connectivity index (χ3n) is 6.38. The van der Waals surface area contributed by atoms with E-state index < -0.39 is 42.1 Å². The SMILES string of the molecule is Cc1cc(N2CC(=O)N(Cc3ccc(C(F)(F)F)cc3)C3(CN(CC(F)F)C3)C2=O)ccc1C#N. The molecule has 0 radical (unpaired) electrons. The van der Waals surface area contributed by atoms with Crippen LogP contribution in [-0.4, -0.2) is 59.8 Å². The van der Waals surface area contributed by atoms with Crippen molar-refractivity contribution in [3.05, 3.63) is 64.7 Å². The van der Waals surface area contributed by atoms with Crippen molar-refractivity contribution in [2.24, 2.45) is 0 Å². The van der Waals surface area contributed by atoms with Crippen molar-refractivity contribution in [3.63, 3.8) is 0 Å². The minimum Gasteiger partial charge on any atom is -0.320 e. The van der Waals surface area contributed by atoms with Crippen LogP contribution in [0.2, 0.25) is 0 Å². The first-order valence-corrected chi connectivity index (χ1v) is 10.7. The van der Waals surface area contributed by atoms with E-state index in [1.54, 1.807) is 19.1 Å². The number of halogens is 5. The van der Waals surface area contributed by atoms with E-state index in [4.69, 9.17) is 5.26 Å². The van der Waals surface area contributed by atoms with Crippen molar-refractivity contribution in [1.29, 1.82) is 5.26 Å². The van der Waals surface area contributed by atoms with Crippen LogP contribution < -0.4 is 4.90 Å². The quantitative estimate of drug-likeness (QED) is 0.599. The Balaban J connectivity index is 1.64. The molecule has 2 aromatic rings. The number of carbonyl (C=O) groups excluding carboxylic acids is 2. The van der Waals surface area contributed by atoms with Gasteiger partial charge in [0.15, 0.2) is 0 Å². The van der Waals surface area contributed by atoms with Crippen molar-refractivity contribution >= 4 is 17.5 Å². The highest BCUT2D eigenvalue weighted by molar-refractivity contribution is 6.10. The first kappa shape index (κ1) is 24.6. The molecule has 11 heteroatoms. The Bertz CT molecular complexity index is 1180. The summed E-state index contributed by atoms with van der Waals surface area (Å²) in [5.41, 5.74) is -0.455. The van der Waals surface area contributed by atoms with Gasteiger partial charge < -0.3 is 9.80 Å². The fourth-order valence-corrected chi connectivity index (χ4v) is 4.59. The van der Waals surface area contributed by atoms with E-state index in [2.05, 4.69) is 0 Å². The summed E-state index contributed by atoms with van der Waals surface area (Å²) >= 11 is 0. The van der Waals surface area contributed by atoms with Crippen LogP contribution in [0.3, 0.4) is 0 Å². The lowest BCUT2D eigenvalue weighted by molar-refractivity contribution is -0.166. The van der Waals surface area contributed by atoms with E-state index in [0.29, 0.717) is 22.4 Å². The summed E-state index contributed by atoms with van der Waals surface area (Å²) in [6.45, 7) is 0.446. The molecule has 0 N–H and O–H groups in total. The van der Waals surface area contributed by atoms with Gasteiger partial charge in [-0.25, -0.2) is 8.78 Å². The van der Waals surface area contributed by atoms with E-state index >= 15 is 0 Å². The molecule has 184 valence electrons. The predicted molar refractivity (Wildman–Crippen MR) is 115 cm³/mol. The van der Waals surface area contributed by atoms with Gasteiger partial charge in [0.2, 0.25) is 5.91 Å². The molecule has 4 rings (SSSR count). The van der Waals surface area contributed by atoms with E-state index in [-0.39, 0.29) is 26.2 Å². The minimum absolute atomic E-state index is 0.117. The summed E-state index contributed by atoms with van der Waals surface area (Å²) in [7, 11) is 0. The van der Waals surface area contributed by atoms with Gasteiger partial charge in [0, 0.05) is 25.3 Å². The summed E-state index contributed by atoms with van der Waals surface area (Å²) in [5.74, 6) is -0.915. The second kappa shape index (κ2) is 8.92. The van der Waals surface area contributed by atoms with Gasteiger partial charge in [-0.2, -0.15) is 18.4 Å². The standard InChI is InChI=1S/C24H21F5N4O2/c1-15-8-19(7-4-17(15)9-30)32-12-21(34)33(10-16-2-5-18(6-3-16)24(27,28)29)23(22(32)35)13-31(14-23)11-20(25)26/h2-8,20H,10-14H2,1H3. The van der Waals surface area contributed by atoms with Crippen LogP contribution in [0, 0.1) is 18.3 Å². The van der Waals surface area contributed by atoms with Crippen LogP contribution in [0.4, 0.5) is 27.6 Å². The normalized spacial score (nSPS) is 18.2. The molecule has 2 saturated heterocycles. The van der Waals surface area contributed by atoms with Gasteiger partial charge in [-0.1, -0.05) is 12.1 Å². The first-order chi connectivity index (χ1) is 16.4. The molecule has 0 unspecified atom stereocenters. The fraction of sp³-hybridized carbons (Fsp3) is 0.375. The van der Waals surface area contributed by atoms with E-state index in [0.717, 1.165) is 12.1 Å². The molecule has 0 aromatic heterocycles. The number of nitrogens with zero attached hydrogens (tertiary/aromatic N) is 4. The molecule has 2 heterocycles. The fourth-order valence-electron chi connectivity index (χ4n) is 4.59. The molecule has 2 amide bonds. The van der Waals surface area contributed by atoms with Gasteiger partial charge in [0.05, 0.1) is 23.7 Å². The largest absolute Gasteiger partial charge is 0.416 e. The Hall–Kier alpha value is -3.52. The Labute approximate surface area is 198 Å². The number of aryl methyl sites for hydroxylation is 1. The van der Waals surface area contributed by atoms with Gasteiger partial charge in [-0.05, 0) is 48.4 Å². The van der Waals surface area contributed by atoms with Crippen LogP contribution in [0.25, 0.3) is 0 Å². The highest BCUT2D eigenvalue weighted by atomic mass is 19.4. The average molecular weight is 492 g/mol. The van der Waals surface area contributed by atoms with Gasteiger partial charge in [-0.3, -0.25) is 14.5 Å². The third-order valence-corrected chi connectivity index (χ3v) is 6.38. The molecule has 2 aliphatic heterocycles. The number of alkyl halides is 5. The molecular weight excluding hydrogens is 471 g/mol. The lowest BCUT2D eigenvalue weighted by Crippen LogP contribution is -2.80. The van der Waals surface area contributed by atoms with Crippen molar-refractivity contribution < 1.29 is 31.5 Å². The maximum atomic E-state index is 13.7. The number of hydrogen-bond acceptors (Lipinski definition) is 4. The Morgan fingerprint density at radius 2 is 1.74 bits per heavy atom. The molecule has 2 aromatic carbocycles. The molecular formula is C24H21F5N4O2. The monoisotopic (exact) mass is 492 g/mol. The molecule has 1 spiro atoms. The van der Waals surface area contributed by atoms with Crippen LogP contribution >= 0.6 is 0 Å². The van der Waals surface area contributed by atoms with Gasteiger partial charge in [0.25, 0.3) is 12.3 Å². The van der Waals surface area contributed by atoms with Crippen molar-refractivity contribution in [2.45, 2.75) is 31.6 Å². The predicted octanol–water partition coefficient (Wildman–Crippen LogP) is 3.58. The second-order valence-corrected chi connectivity index (χ2v) is 8.77. The number of benzene rings is 2. The first-order valence-electron chi connectivity index (χ1n) is 10.7. The van der Waals surface area contributed by atoms with Gasteiger partial charge >= 0.3 is 6.18 Å². The van der Waals surface area contributed by atoms with Crippen LogP contribution in [0.1, 0.15) is 22.3 Å². The van der Waals surface area contributed by atoms with Crippen LogP contribution in [0.15, 0.2) is 42.5 Å². The van der Waals surface area contributed by atoms with Crippen LogP contribution in [0.5, 0.6) is 0 Å². The van der Waals surface area contributed by atoms with E-state index in [1.165, 1.54) is 32.9 Å². The molecule has 35 heavy (non-hydrogen) atoms. The zero-order chi connectivity index (χ0) is 25.5. The number of piperazine rings is 1. The number of hydrogen-bond donors (Lipinski definition) is 0. The maximum absolute atomic E-state index is 13.7. The summed E-state index contributed by atoms with van der Waals surface area (Å²) < 4.78 is 64.6. The minimum atomic E-state index is -4.51. The number of likely N-dealkylation sites (tertiary alicyclic amines) is 1. The number of nitriles is 1. The van der Waals surface area contributed by atoms with Gasteiger partial charge in [-0.15, -0.1) is 0 Å². The van der Waals surface area contributed by atoms with E-state index in [1.807, 2.05) is 6.07 Å². The summed E-state index contributed by atoms with van der Waals surface area (Å²) in [6, 6.07) is 11.0. The Morgan fingerprint density at radius 1 is 1.09 bits per heavy atom. The molecule has 2 aliphatic rings. The van der Waals surface area contributed by atoms with Crippen molar-refractivity contribution in [2.75, 3.05) is 31.1 Å². The van der Waals surface area contributed by atoms with Crippen molar-refractivity contribution in [3.8, 4) is 6.07 Å². The summed E-state index contributed by atoms with van der Waals surface area (Å²) in [5, 5.41) is 9.16. The molecule has 0 bridgehead atoms. The number of anilines is 1. The van der Waals surface area contributed by atoms with E-state index in [9.17, 15) is 31.5 Å². The highest BCUT2D eigenvalue weighted by Gasteiger charge is 2.59. The average Bonchev–Trinajstić information content (AvgIpc) is 2.76. The second-order valence-electron chi connectivity index (χ2n) is 8.77. The molecule has 2 fully saturated rings. The van der Waals surface area contributed by atoms with Crippen LogP contribution in [-0.2, 0) is 22.3 Å². The lowest BCUT2D eigenvalue weighted by atomic mass is 9.83. The summed E-state index contributed by atoms with van der Waals surface area (Å²) in [4.78, 5) is 30.8. The Kier molecular flexibility index (Phi) is 6.27. The zero-order valence-corrected chi connectivity index (χ0v) is 18.6. The zero-order valence-electron chi connectivity index (χ0n) is 18.6. The highest BCUT2D eigenvalue weighted by Crippen LogP contribution is 2.37. The number of carbonyl (C=O) groups is 2. The smallest absolute Gasteiger partial charge is 0.320 e. The third kappa shape index (κ3) is 4.58. The molecule has 0 saturated carbocycles. The van der Waals surface area contributed by atoms with Crippen molar-refractivity contribution in [1.82, 2.24) is 9.80 Å². The maximum Gasteiger partial charge on any atom is 0.416 e. The Morgan fingerprint density at radius 3 is 2.29 bits per heavy atom. The lowest BCUT2D eigenvalue weighted by Gasteiger charge is -2.58.